The summed E-state index contributed by atoms with van der Waals surface area (Å²) in [6.07, 6.45) is 1.87. The Morgan fingerprint density at radius 2 is 1.60 bits per heavy atom. The molecule has 0 aliphatic heterocycles. The molecule has 0 radical (unpaired) electrons. The van der Waals surface area contributed by atoms with Gasteiger partial charge in [-0.05, 0) is 67.8 Å². The van der Waals surface area contributed by atoms with Gasteiger partial charge in [0.25, 0.3) is 5.91 Å². The first-order valence-corrected chi connectivity index (χ1v) is 8.00. The highest BCUT2D eigenvalue weighted by Gasteiger charge is 2.29. The van der Waals surface area contributed by atoms with Crippen LogP contribution in [0.2, 0.25) is 0 Å². The average molecular weight is 338 g/mol. The Hall–Kier alpha value is -3.15. The van der Waals surface area contributed by atoms with Crippen LogP contribution in [0.25, 0.3) is 0 Å². The van der Waals surface area contributed by atoms with E-state index in [0.717, 1.165) is 12.8 Å². The molecule has 1 saturated carbocycles. The molecule has 0 bridgehead atoms. The van der Waals surface area contributed by atoms with Gasteiger partial charge in [0.1, 0.15) is 0 Å². The Morgan fingerprint density at radius 1 is 0.960 bits per heavy atom. The molecule has 3 N–H and O–H groups in total. The van der Waals surface area contributed by atoms with Gasteiger partial charge >= 0.3 is 5.97 Å². The summed E-state index contributed by atoms with van der Waals surface area (Å²) in [7, 11) is 0. The number of rotatable bonds is 5. The number of hydrogen-bond acceptors (Lipinski definition) is 3. The van der Waals surface area contributed by atoms with Crippen molar-refractivity contribution in [2.45, 2.75) is 19.8 Å². The number of anilines is 2. The Bertz CT molecular complexity index is 839. The lowest BCUT2D eigenvalue weighted by Gasteiger charge is -2.10. The lowest BCUT2D eigenvalue weighted by atomic mass is 10.1. The number of carbonyl (C=O) groups excluding carboxylic acids is 2. The number of benzene rings is 2. The van der Waals surface area contributed by atoms with Gasteiger partial charge in [0.2, 0.25) is 5.91 Å². The molecule has 2 aromatic carbocycles. The van der Waals surface area contributed by atoms with Crippen LogP contribution in [0.5, 0.6) is 0 Å². The predicted molar refractivity (Wildman–Crippen MR) is 93.9 cm³/mol. The zero-order chi connectivity index (χ0) is 18.0. The first kappa shape index (κ1) is 16.7. The first-order valence-electron chi connectivity index (χ1n) is 8.00. The molecule has 0 atom stereocenters. The van der Waals surface area contributed by atoms with E-state index in [-0.39, 0.29) is 23.3 Å². The molecule has 0 heterocycles. The summed E-state index contributed by atoms with van der Waals surface area (Å²) in [6, 6.07) is 11.2. The second-order valence-corrected chi connectivity index (χ2v) is 6.13. The molecule has 128 valence electrons. The monoisotopic (exact) mass is 338 g/mol. The van der Waals surface area contributed by atoms with Crippen LogP contribution in [0.15, 0.2) is 42.5 Å². The van der Waals surface area contributed by atoms with Crippen molar-refractivity contribution < 1.29 is 19.5 Å². The molecule has 2 aromatic rings. The van der Waals surface area contributed by atoms with E-state index in [0.29, 0.717) is 22.5 Å². The second kappa shape index (κ2) is 6.76. The Morgan fingerprint density at radius 3 is 2.16 bits per heavy atom. The van der Waals surface area contributed by atoms with Crippen LogP contribution in [0.4, 0.5) is 11.4 Å². The molecule has 6 heteroatoms. The quantitative estimate of drug-likeness (QED) is 0.779. The lowest BCUT2D eigenvalue weighted by Crippen LogP contribution is -2.15. The number of aryl methyl sites for hydroxylation is 1. The van der Waals surface area contributed by atoms with Crippen LogP contribution < -0.4 is 10.6 Å². The van der Waals surface area contributed by atoms with E-state index in [9.17, 15) is 14.4 Å². The number of nitrogens with one attached hydrogen (secondary N) is 2. The molecule has 3 rings (SSSR count). The van der Waals surface area contributed by atoms with Crippen molar-refractivity contribution >= 4 is 29.2 Å². The summed E-state index contributed by atoms with van der Waals surface area (Å²) < 4.78 is 0. The Kier molecular flexibility index (Phi) is 4.52. The summed E-state index contributed by atoms with van der Waals surface area (Å²) in [5.74, 6) is -1.16. The summed E-state index contributed by atoms with van der Waals surface area (Å²) >= 11 is 0. The number of carboxylic acid groups (broad SMARTS) is 1. The topological polar surface area (TPSA) is 95.5 Å². The SMILES string of the molecule is Cc1cc(C(=O)O)ccc1NC(=O)c1ccc(NC(=O)C2CC2)cc1. The molecule has 6 nitrogen and oxygen atoms in total. The molecule has 0 spiro atoms. The highest BCUT2D eigenvalue weighted by Crippen LogP contribution is 2.30. The number of aromatic carboxylic acids is 1. The molecular weight excluding hydrogens is 320 g/mol. The summed E-state index contributed by atoms with van der Waals surface area (Å²) in [5, 5.41) is 14.6. The third kappa shape index (κ3) is 4.03. The Balaban J connectivity index is 1.66. The summed E-state index contributed by atoms with van der Waals surface area (Å²) in [6.45, 7) is 1.73. The maximum atomic E-state index is 12.3. The van der Waals surface area contributed by atoms with E-state index >= 15 is 0 Å². The third-order valence-corrected chi connectivity index (χ3v) is 4.08. The van der Waals surface area contributed by atoms with Gasteiger partial charge in [0, 0.05) is 22.9 Å². The standard InChI is InChI=1S/C19H18N2O4/c1-11-10-14(19(24)25)6-9-16(11)21-18(23)13-4-7-15(8-5-13)20-17(22)12-2-3-12/h4-10,12H,2-3H2,1H3,(H,20,22)(H,21,23)(H,24,25). The molecule has 0 aromatic heterocycles. The van der Waals surface area contributed by atoms with Crippen molar-refractivity contribution in [1.82, 2.24) is 0 Å². The highest BCUT2D eigenvalue weighted by atomic mass is 16.4. The van der Waals surface area contributed by atoms with E-state index < -0.39 is 5.97 Å². The van der Waals surface area contributed by atoms with E-state index in [1.807, 2.05) is 0 Å². The smallest absolute Gasteiger partial charge is 0.335 e. The van der Waals surface area contributed by atoms with E-state index in [1.165, 1.54) is 12.1 Å². The minimum absolute atomic E-state index is 0.0198. The molecule has 1 fully saturated rings. The number of carboxylic acids is 1. The molecule has 1 aliphatic rings. The largest absolute Gasteiger partial charge is 0.478 e. The van der Waals surface area contributed by atoms with Gasteiger partial charge in [0.05, 0.1) is 5.56 Å². The zero-order valence-electron chi connectivity index (χ0n) is 13.7. The van der Waals surface area contributed by atoms with Crippen molar-refractivity contribution in [2.75, 3.05) is 10.6 Å². The van der Waals surface area contributed by atoms with Gasteiger partial charge in [-0.2, -0.15) is 0 Å². The van der Waals surface area contributed by atoms with Crippen LogP contribution in [0, 0.1) is 12.8 Å². The van der Waals surface area contributed by atoms with Crippen molar-refractivity contribution in [3.05, 3.63) is 59.2 Å². The van der Waals surface area contributed by atoms with Crippen LogP contribution in [-0.2, 0) is 4.79 Å². The third-order valence-electron chi connectivity index (χ3n) is 4.08. The van der Waals surface area contributed by atoms with Crippen LogP contribution in [0.1, 0.15) is 39.1 Å². The molecule has 2 amide bonds. The summed E-state index contributed by atoms with van der Waals surface area (Å²) in [5.41, 5.74) is 2.51. The van der Waals surface area contributed by atoms with Crippen molar-refractivity contribution in [2.24, 2.45) is 5.92 Å². The van der Waals surface area contributed by atoms with E-state index in [4.69, 9.17) is 5.11 Å². The molecule has 0 saturated heterocycles. The van der Waals surface area contributed by atoms with Gasteiger partial charge in [-0.25, -0.2) is 4.79 Å². The number of carbonyl (C=O) groups is 3. The first-order chi connectivity index (χ1) is 11.9. The zero-order valence-corrected chi connectivity index (χ0v) is 13.7. The summed E-state index contributed by atoms with van der Waals surface area (Å²) in [4.78, 5) is 35.0. The maximum Gasteiger partial charge on any atom is 0.335 e. The molecule has 25 heavy (non-hydrogen) atoms. The van der Waals surface area contributed by atoms with Crippen LogP contribution in [0.3, 0.4) is 0 Å². The second-order valence-electron chi connectivity index (χ2n) is 6.13. The minimum Gasteiger partial charge on any atom is -0.478 e. The number of hydrogen-bond donors (Lipinski definition) is 3. The van der Waals surface area contributed by atoms with Crippen molar-refractivity contribution in [3.63, 3.8) is 0 Å². The highest BCUT2D eigenvalue weighted by molar-refractivity contribution is 6.05. The predicted octanol–water partition coefficient (Wildman–Crippen LogP) is 3.29. The molecular formula is C19H18N2O4. The van der Waals surface area contributed by atoms with E-state index in [2.05, 4.69) is 10.6 Å². The lowest BCUT2D eigenvalue weighted by molar-refractivity contribution is -0.117. The van der Waals surface area contributed by atoms with Gasteiger partial charge < -0.3 is 15.7 Å². The van der Waals surface area contributed by atoms with Crippen LogP contribution in [-0.4, -0.2) is 22.9 Å². The van der Waals surface area contributed by atoms with Gasteiger partial charge in [-0.15, -0.1) is 0 Å². The fourth-order valence-electron chi connectivity index (χ4n) is 2.43. The minimum atomic E-state index is -1.01. The van der Waals surface area contributed by atoms with Crippen LogP contribution >= 0.6 is 0 Å². The van der Waals surface area contributed by atoms with Crippen molar-refractivity contribution in [3.8, 4) is 0 Å². The Labute approximate surface area is 144 Å². The average Bonchev–Trinajstić information content (AvgIpc) is 3.42. The van der Waals surface area contributed by atoms with Gasteiger partial charge in [0.15, 0.2) is 0 Å². The fourth-order valence-corrected chi connectivity index (χ4v) is 2.43. The maximum absolute atomic E-state index is 12.3. The van der Waals surface area contributed by atoms with Crippen molar-refractivity contribution in [1.29, 1.82) is 0 Å². The molecule has 1 aliphatic carbocycles. The van der Waals surface area contributed by atoms with Gasteiger partial charge in [-0.3, -0.25) is 9.59 Å². The van der Waals surface area contributed by atoms with E-state index in [1.54, 1.807) is 37.3 Å². The molecule has 0 unspecified atom stereocenters. The van der Waals surface area contributed by atoms with Gasteiger partial charge in [-0.1, -0.05) is 0 Å². The number of amides is 2. The fraction of sp³-hybridized carbons (Fsp3) is 0.211. The normalized spacial score (nSPS) is 13.2.